The minimum absolute atomic E-state index is 0.699. The Balaban J connectivity index is 0.000000647. The number of aryl methyl sites for hydroxylation is 2. The number of rotatable bonds is 3. The van der Waals surface area contributed by atoms with Gasteiger partial charge in [0.25, 0.3) is 0 Å². The Morgan fingerprint density at radius 3 is 2.29 bits per heavy atom. The van der Waals surface area contributed by atoms with Gasteiger partial charge in [0.15, 0.2) is 0 Å². The van der Waals surface area contributed by atoms with E-state index in [1.54, 1.807) is 0 Å². The van der Waals surface area contributed by atoms with Gasteiger partial charge in [-0.25, -0.2) is 0 Å². The summed E-state index contributed by atoms with van der Waals surface area (Å²) in [6.07, 6.45) is 1.15. The molecule has 0 fully saturated rings. The quantitative estimate of drug-likeness (QED) is 0.374. The van der Waals surface area contributed by atoms with Crippen molar-refractivity contribution in [1.29, 1.82) is 0 Å². The number of fused-ring (bicyclic) bond motifs is 1. The van der Waals surface area contributed by atoms with Crippen molar-refractivity contribution in [1.82, 2.24) is 0 Å². The first-order valence-electron chi connectivity index (χ1n) is 8.19. The van der Waals surface area contributed by atoms with Crippen LogP contribution in [-0.4, -0.2) is 0 Å². The Bertz CT molecular complexity index is 803. The van der Waals surface area contributed by atoms with Crippen LogP contribution in [0.15, 0.2) is 48.5 Å². The van der Waals surface area contributed by atoms with E-state index >= 15 is 0 Å². The van der Waals surface area contributed by atoms with Gasteiger partial charge in [0.2, 0.25) is 0 Å². The molecule has 0 aromatic heterocycles. The first-order chi connectivity index (χ1) is 11.5. The third-order valence-corrected chi connectivity index (χ3v) is 4.22. The van der Waals surface area contributed by atoms with Gasteiger partial charge in [0.1, 0.15) is 0 Å². The molecule has 0 nitrogen and oxygen atoms in total. The standard InChI is InChI=1S/C21H23.2ClH.Zr/c1-14(2)11-17-12-18-10-9-16(4)21(20(18)13-17)19-8-6-5-7-15(19)3;;;/h5-10,12-14H,11H2,1-4H3;2*1H;/q-1;;;+2/p-2. The van der Waals surface area contributed by atoms with Crippen LogP contribution in [0.2, 0.25) is 0 Å². The van der Waals surface area contributed by atoms with E-state index in [0.29, 0.717) is 5.92 Å². The van der Waals surface area contributed by atoms with E-state index in [-0.39, 0.29) is 0 Å². The SMILES string of the molecule is Cc1ccccc1-c1c(C)ccc2[cH-]c(CC(C)C)cc12.[Cl][Zr][Cl]. The molecule has 3 heteroatoms. The zero-order valence-electron chi connectivity index (χ0n) is 14.7. The van der Waals surface area contributed by atoms with Crippen LogP contribution in [-0.2, 0) is 27.3 Å². The fourth-order valence-electron chi connectivity index (χ4n) is 3.25. The molecule has 3 aromatic carbocycles. The zero-order valence-corrected chi connectivity index (χ0v) is 18.6. The predicted molar refractivity (Wildman–Crippen MR) is 105 cm³/mol. The molecule has 0 bridgehead atoms. The Kier molecular flexibility index (Phi) is 7.67. The van der Waals surface area contributed by atoms with Gasteiger partial charge in [-0.1, -0.05) is 49.2 Å². The van der Waals surface area contributed by atoms with Crippen LogP contribution in [0.25, 0.3) is 21.9 Å². The summed E-state index contributed by atoms with van der Waals surface area (Å²) in [5.41, 5.74) is 6.93. The fourth-order valence-corrected chi connectivity index (χ4v) is 3.25. The molecule has 0 saturated carbocycles. The monoisotopic (exact) mass is 435 g/mol. The van der Waals surface area contributed by atoms with Crippen molar-refractivity contribution in [2.45, 2.75) is 34.1 Å². The molecule has 0 heterocycles. The molecule has 24 heavy (non-hydrogen) atoms. The average molecular weight is 438 g/mol. The van der Waals surface area contributed by atoms with Gasteiger partial charge in [-0.05, 0) is 37.3 Å². The summed E-state index contributed by atoms with van der Waals surface area (Å²) < 4.78 is 0. The van der Waals surface area contributed by atoms with Crippen molar-refractivity contribution in [3.63, 3.8) is 0 Å². The summed E-state index contributed by atoms with van der Waals surface area (Å²) in [6, 6.07) is 18.0. The molecule has 0 N–H and O–H groups in total. The molecule has 0 aliphatic carbocycles. The normalized spacial score (nSPS) is 10.6. The van der Waals surface area contributed by atoms with E-state index in [4.69, 9.17) is 17.0 Å². The molecule has 3 aromatic rings. The van der Waals surface area contributed by atoms with Crippen molar-refractivity contribution >= 4 is 27.8 Å². The molecule has 0 amide bonds. The topological polar surface area (TPSA) is 0 Å². The van der Waals surface area contributed by atoms with Crippen molar-refractivity contribution in [2.24, 2.45) is 5.92 Å². The first kappa shape index (κ1) is 19.8. The third-order valence-electron chi connectivity index (χ3n) is 4.22. The number of hydrogen-bond donors (Lipinski definition) is 0. The number of hydrogen-bond acceptors (Lipinski definition) is 0. The van der Waals surface area contributed by atoms with Gasteiger partial charge in [0, 0.05) is 0 Å². The molecular formula is C21H23Cl2Zr-. The third kappa shape index (κ3) is 4.78. The maximum absolute atomic E-state index is 4.93. The molecule has 0 saturated heterocycles. The molecule has 126 valence electrons. The van der Waals surface area contributed by atoms with E-state index in [1.165, 1.54) is 38.6 Å². The number of benzene rings is 2. The van der Waals surface area contributed by atoms with Gasteiger partial charge >= 0.3 is 37.9 Å². The molecule has 0 atom stereocenters. The van der Waals surface area contributed by atoms with Crippen LogP contribution < -0.4 is 0 Å². The fraction of sp³-hybridized carbons (Fsp3) is 0.286. The molecule has 0 spiro atoms. The number of halogens is 2. The first-order valence-corrected chi connectivity index (χ1v) is 14.5. The van der Waals surface area contributed by atoms with Gasteiger partial charge in [0.05, 0.1) is 0 Å². The Morgan fingerprint density at radius 2 is 1.67 bits per heavy atom. The summed E-state index contributed by atoms with van der Waals surface area (Å²) in [6.45, 7) is 8.98. The van der Waals surface area contributed by atoms with Crippen LogP contribution in [0.3, 0.4) is 0 Å². The second-order valence-electron chi connectivity index (χ2n) is 6.61. The summed E-state index contributed by atoms with van der Waals surface area (Å²) >= 11 is -0.826. The van der Waals surface area contributed by atoms with E-state index in [1.807, 2.05) is 0 Å². The van der Waals surface area contributed by atoms with E-state index < -0.39 is 20.8 Å². The van der Waals surface area contributed by atoms with Crippen LogP contribution >= 0.6 is 17.0 Å². The second-order valence-corrected chi connectivity index (χ2v) is 10.3. The van der Waals surface area contributed by atoms with Gasteiger partial charge in [-0.2, -0.15) is 6.07 Å². The van der Waals surface area contributed by atoms with Gasteiger partial charge in [-0.3, -0.25) is 0 Å². The molecule has 3 rings (SSSR count). The van der Waals surface area contributed by atoms with E-state index in [2.05, 4.69) is 76.2 Å². The van der Waals surface area contributed by atoms with Gasteiger partial charge in [-0.15, -0.1) is 34.5 Å². The maximum atomic E-state index is 4.93. The molecule has 0 unspecified atom stereocenters. The average Bonchev–Trinajstić information content (AvgIpc) is 2.91. The van der Waals surface area contributed by atoms with Gasteiger partial charge < -0.3 is 0 Å². The molecule has 0 aliphatic heterocycles. The summed E-state index contributed by atoms with van der Waals surface area (Å²) in [5.74, 6) is 0.699. The second kappa shape index (κ2) is 9.28. The summed E-state index contributed by atoms with van der Waals surface area (Å²) in [7, 11) is 9.87. The van der Waals surface area contributed by atoms with Crippen LogP contribution in [0.5, 0.6) is 0 Å². The summed E-state index contributed by atoms with van der Waals surface area (Å²) in [4.78, 5) is 0. The van der Waals surface area contributed by atoms with Crippen molar-refractivity contribution in [3.05, 3.63) is 65.2 Å². The van der Waals surface area contributed by atoms with E-state index in [0.717, 1.165) is 6.42 Å². The summed E-state index contributed by atoms with van der Waals surface area (Å²) in [5, 5.41) is 2.77. The van der Waals surface area contributed by atoms with Crippen LogP contribution in [0.4, 0.5) is 0 Å². The van der Waals surface area contributed by atoms with Crippen molar-refractivity contribution in [2.75, 3.05) is 0 Å². The molecule has 0 aliphatic rings. The Morgan fingerprint density at radius 1 is 1.00 bits per heavy atom. The van der Waals surface area contributed by atoms with Crippen LogP contribution in [0.1, 0.15) is 30.5 Å². The van der Waals surface area contributed by atoms with E-state index in [9.17, 15) is 0 Å². The van der Waals surface area contributed by atoms with Crippen LogP contribution in [0, 0.1) is 19.8 Å². The zero-order chi connectivity index (χ0) is 17.7. The Labute approximate surface area is 164 Å². The minimum atomic E-state index is -0.826. The molecule has 0 radical (unpaired) electrons. The Hall–Kier alpha value is -0.487. The van der Waals surface area contributed by atoms with Crippen molar-refractivity contribution < 1.29 is 20.8 Å². The predicted octanol–water partition coefficient (Wildman–Crippen LogP) is 7.42. The molecular weight excluding hydrogens is 414 g/mol. The van der Waals surface area contributed by atoms with Crippen molar-refractivity contribution in [3.8, 4) is 11.1 Å².